The molecule has 1 aliphatic heterocycles. The minimum atomic E-state index is -3.80. The van der Waals surface area contributed by atoms with E-state index in [1.807, 2.05) is 0 Å². The zero-order chi connectivity index (χ0) is 16.1. The minimum Gasteiger partial charge on any atom is -0.476 e. The summed E-state index contributed by atoms with van der Waals surface area (Å²) in [6, 6.07) is 0. The van der Waals surface area contributed by atoms with Crippen molar-refractivity contribution in [1.82, 2.24) is 19.7 Å². The van der Waals surface area contributed by atoms with Crippen molar-refractivity contribution in [2.24, 2.45) is 0 Å². The number of H-pyrrole nitrogens is 1. The first-order valence-electron chi connectivity index (χ1n) is 6.54. The number of sulfonamides is 1. The second-order valence-electron chi connectivity index (χ2n) is 5.08. The fourth-order valence-electron chi connectivity index (χ4n) is 2.62. The monoisotopic (exact) mass is 326 g/mol. The summed E-state index contributed by atoms with van der Waals surface area (Å²) in [5, 5.41) is 19.2. The summed E-state index contributed by atoms with van der Waals surface area (Å²) in [4.78, 5) is 11.2. The van der Waals surface area contributed by atoms with Gasteiger partial charge in [0.2, 0.25) is 10.0 Å². The highest BCUT2D eigenvalue weighted by Gasteiger charge is 2.35. The van der Waals surface area contributed by atoms with Gasteiger partial charge in [-0.05, 0) is 13.8 Å². The number of carboxylic acid groups (broad SMARTS) is 1. The largest absolute Gasteiger partial charge is 0.476 e. The Morgan fingerprint density at radius 3 is 2.73 bits per heavy atom. The molecule has 2 aromatic rings. The Morgan fingerprint density at radius 2 is 2.14 bits per heavy atom. The summed E-state index contributed by atoms with van der Waals surface area (Å²) in [6.07, 6.45) is 0.373. The maximum atomic E-state index is 12.8. The third-order valence-corrected chi connectivity index (χ3v) is 5.76. The quantitative estimate of drug-likeness (QED) is 0.838. The third-order valence-electron chi connectivity index (χ3n) is 3.67. The van der Waals surface area contributed by atoms with Crippen molar-refractivity contribution < 1.29 is 22.8 Å². The lowest BCUT2D eigenvalue weighted by Crippen LogP contribution is -2.36. The first-order chi connectivity index (χ1) is 10.3. The molecule has 1 aliphatic rings. The average molecular weight is 326 g/mol. The number of aromatic nitrogens is 3. The van der Waals surface area contributed by atoms with Crippen LogP contribution in [0.5, 0.6) is 0 Å². The fraction of sp³-hybridized carbons (Fsp3) is 0.417. The second-order valence-corrected chi connectivity index (χ2v) is 6.95. The number of hydrogen-bond acceptors (Lipinski definition) is 6. The second kappa shape index (κ2) is 4.92. The van der Waals surface area contributed by atoms with Crippen molar-refractivity contribution in [3.8, 4) is 0 Å². The summed E-state index contributed by atoms with van der Waals surface area (Å²) in [6.45, 7) is 3.28. The molecule has 0 fully saturated rings. The molecular weight excluding hydrogens is 312 g/mol. The Labute approximate surface area is 126 Å². The molecule has 0 aromatic carbocycles. The van der Waals surface area contributed by atoms with E-state index in [1.54, 1.807) is 6.92 Å². The van der Waals surface area contributed by atoms with Gasteiger partial charge >= 0.3 is 5.97 Å². The van der Waals surface area contributed by atoms with Crippen molar-refractivity contribution in [2.75, 3.05) is 6.54 Å². The zero-order valence-electron chi connectivity index (χ0n) is 12.0. The summed E-state index contributed by atoms with van der Waals surface area (Å²) >= 11 is 0. The van der Waals surface area contributed by atoms with Gasteiger partial charge in [0.1, 0.15) is 10.6 Å². The molecule has 0 unspecified atom stereocenters. The van der Waals surface area contributed by atoms with Crippen LogP contribution in [0.15, 0.2) is 9.42 Å². The molecule has 22 heavy (non-hydrogen) atoms. The van der Waals surface area contributed by atoms with Crippen LogP contribution in [0.2, 0.25) is 0 Å². The van der Waals surface area contributed by atoms with Crippen LogP contribution in [-0.4, -0.2) is 45.7 Å². The molecule has 2 aromatic heterocycles. The van der Waals surface area contributed by atoms with E-state index in [9.17, 15) is 13.2 Å². The van der Waals surface area contributed by atoms with E-state index in [0.29, 0.717) is 17.7 Å². The molecule has 0 bridgehead atoms. The molecule has 3 rings (SSSR count). The normalized spacial score (nSPS) is 15.7. The first-order valence-corrected chi connectivity index (χ1v) is 7.98. The maximum Gasteiger partial charge on any atom is 0.356 e. The molecule has 0 spiro atoms. The number of aromatic carboxylic acids is 1. The number of nitrogens with one attached hydrogen (secondary N) is 1. The highest BCUT2D eigenvalue weighted by molar-refractivity contribution is 7.89. The minimum absolute atomic E-state index is 0.0383. The number of hydrogen-bond donors (Lipinski definition) is 2. The van der Waals surface area contributed by atoms with Crippen molar-refractivity contribution in [3.63, 3.8) is 0 Å². The third kappa shape index (κ3) is 2.11. The summed E-state index contributed by atoms with van der Waals surface area (Å²) in [7, 11) is -3.80. The maximum absolute atomic E-state index is 12.8. The van der Waals surface area contributed by atoms with Crippen LogP contribution >= 0.6 is 0 Å². The smallest absolute Gasteiger partial charge is 0.356 e. The Kier molecular flexibility index (Phi) is 3.29. The lowest BCUT2D eigenvalue weighted by Gasteiger charge is -2.25. The summed E-state index contributed by atoms with van der Waals surface area (Å²) < 4.78 is 31.6. The zero-order valence-corrected chi connectivity index (χ0v) is 12.8. The highest BCUT2D eigenvalue weighted by Crippen LogP contribution is 2.28. The molecule has 9 nitrogen and oxygen atoms in total. The molecule has 0 radical (unpaired) electrons. The highest BCUT2D eigenvalue weighted by atomic mass is 32.2. The van der Waals surface area contributed by atoms with E-state index in [1.165, 1.54) is 11.2 Å². The van der Waals surface area contributed by atoms with Crippen molar-refractivity contribution in [3.05, 3.63) is 28.4 Å². The molecule has 0 atom stereocenters. The van der Waals surface area contributed by atoms with E-state index in [2.05, 4.69) is 15.4 Å². The molecular formula is C12H14N4O5S. The van der Waals surface area contributed by atoms with Gasteiger partial charge in [-0.2, -0.15) is 9.40 Å². The Bertz CT molecular complexity index is 831. The first kappa shape index (κ1) is 14.7. The molecule has 0 saturated heterocycles. The van der Waals surface area contributed by atoms with Gasteiger partial charge in [-0.1, -0.05) is 5.16 Å². The standard InChI is InChI=1S/C12H14N4O5S/c1-6-11(7(2)21-15-6)22(19,20)16-4-3-9-8(5-16)10(12(17)18)14-13-9/h3-5H2,1-2H3,(H,13,14)(H,17,18). The molecule has 2 N–H and O–H groups in total. The topological polar surface area (TPSA) is 129 Å². The number of carbonyl (C=O) groups is 1. The van der Waals surface area contributed by atoms with Crippen molar-refractivity contribution in [2.45, 2.75) is 31.7 Å². The van der Waals surface area contributed by atoms with Crippen LogP contribution in [0.1, 0.15) is 33.2 Å². The van der Waals surface area contributed by atoms with Gasteiger partial charge in [0.15, 0.2) is 11.5 Å². The predicted molar refractivity (Wildman–Crippen MR) is 72.8 cm³/mol. The summed E-state index contributed by atoms with van der Waals surface area (Å²) in [5.41, 5.74) is 1.19. The average Bonchev–Trinajstić information content (AvgIpc) is 3.01. The predicted octanol–water partition coefficient (Wildman–Crippen LogP) is 0.460. The number of fused-ring (bicyclic) bond motifs is 1. The van der Waals surface area contributed by atoms with Crippen LogP contribution < -0.4 is 0 Å². The summed E-state index contributed by atoms with van der Waals surface area (Å²) in [5.74, 6) is -0.969. The van der Waals surface area contributed by atoms with E-state index in [4.69, 9.17) is 9.63 Å². The van der Waals surface area contributed by atoms with Crippen LogP contribution in [0.3, 0.4) is 0 Å². The number of carboxylic acids is 1. The number of rotatable bonds is 3. The van der Waals surface area contributed by atoms with Gasteiger partial charge in [-0.15, -0.1) is 0 Å². The van der Waals surface area contributed by atoms with Crippen LogP contribution in [0.25, 0.3) is 0 Å². The van der Waals surface area contributed by atoms with Gasteiger partial charge in [0.25, 0.3) is 0 Å². The lowest BCUT2D eigenvalue weighted by molar-refractivity contribution is 0.0688. The van der Waals surface area contributed by atoms with Gasteiger partial charge in [0.05, 0.1) is 0 Å². The van der Waals surface area contributed by atoms with E-state index >= 15 is 0 Å². The fourth-order valence-corrected chi connectivity index (χ4v) is 4.32. The number of aromatic amines is 1. The van der Waals surface area contributed by atoms with Crippen LogP contribution in [0.4, 0.5) is 0 Å². The van der Waals surface area contributed by atoms with Crippen LogP contribution in [-0.2, 0) is 23.0 Å². The number of aryl methyl sites for hydroxylation is 2. The van der Waals surface area contributed by atoms with Crippen molar-refractivity contribution in [1.29, 1.82) is 0 Å². The molecule has 0 amide bonds. The van der Waals surface area contributed by atoms with E-state index in [-0.39, 0.29) is 35.1 Å². The van der Waals surface area contributed by atoms with Gasteiger partial charge in [-0.25, -0.2) is 13.2 Å². The molecule has 118 valence electrons. The van der Waals surface area contributed by atoms with Gasteiger partial charge < -0.3 is 9.63 Å². The lowest BCUT2D eigenvalue weighted by atomic mass is 10.1. The van der Waals surface area contributed by atoms with E-state index in [0.717, 1.165) is 0 Å². The Hall–Kier alpha value is -2.20. The molecule has 3 heterocycles. The molecule has 0 saturated carbocycles. The molecule has 10 heteroatoms. The Balaban J connectivity index is 2.01. The Morgan fingerprint density at radius 1 is 1.41 bits per heavy atom. The number of nitrogens with zero attached hydrogens (tertiary/aromatic N) is 3. The van der Waals surface area contributed by atoms with Gasteiger partial charge in [0, 0.05) is 30.8 Å². The van der Waals surface area contributed by atoms with E-state index < -0.39 is 16.0 Å². The van der Waals surface area contributed by atoms with Gasteiger partial charge in [-0.3, -0.25) is 5.10 Å². The van der Waals surface area contributed by atoms with Crippen LogP contribution in [0, 0.1) is 13.8 Å². The van der Waals surface area contributed by atoms with Crippen molar-refractivity contribution >= 4 is 16.0 Å². The molecule has 0 aliphatic carbocycles. The SMILES string of the molecule is Cc1noc(C)c1S(=O)(=O)N1CCc2[nH]nc(C(=O)O)c2C1.